The first-order valence-electron chi connectivity index (χ1n) is 5.01. The fourth-order valence-corrected chi connectivity index (χ4v) is 2.15. The van der Waals surface area contributed by atoms with Gasteiger partial charge in [-0.05, 0) is 22.9 Å². The van der Waals surface area contributed by atoms with E-state index in [-0.39, 0.29) is 0 Å². The van der Waals surface area contributed by atoms with Crippen LogP contribution < -0.4 is 5.73 Å². The number of nitrogens with two attached hydrogens (primary N) is 1. The van der Waals surface area contributed by atoms with E-state index in [9.17, 15) is 0 Å². The Bertz CT molecular complexity index is 499. The van der Waals surface area contributed by atoms with Crippen molar-refractivity contribution >= 4 is 15.9 Å². The molecule has 0 radical (unpaired) electrons. The van der Waals surface area contributed by atoms with Gasteiger partial charge in [-0.25, -0.2) is 4.98 Å². The van der Waals surface area contributed by atoms with Crippen molar-refractivity contribution < 1.29 is 0 Å². The molecule has 0 atom stereocenters. The normalized spacial score (nSPS) is 11.0. The van der Waals surface area contributed by atoms with Crippen molar-refractivity contribution in [1.29, 1.82) is 0 Å². The van der Waals surface area contributed by atoms with Crippen LogP contribution in [0.25, 0.3) is 0 Å². The highest BCUT2D eigenvalue weighted by atomic mass is 79.9. The Morgan fingerprint density at radius 2 is 2.25 bits per heavy atom. The van der Waals surface area contributed by atoms with Gasteiger partial charge in [-0.1, -0.05) is 0 Å². The molecule has 0 aliphatic carbocycles. The molecule has 2 aromatic rings. The lowest BCUT2D eigenvalue weighted by Gasteiger charge is -2.07. The van der Waals surface area contributed by atoms with Crippen molar-refractivity contribution in [1.82, 2.24) is 19.3 Å². The maximum Gasteiger partial charge on any atom is 0.122 e. The summed E-state index contributed by atoms with van der Waals surface area (Å²) in [6.45, 7) is 3.15. The molecule has 0 amide bonds. The van der Waals surface area contributed by atoms with E-state index in [1.807, 2.05) is 29.4 Å². The van der Waals surface area contributed by atoms with Crippen molar-refractivity contribution in [2.75, 3.05) is 0 Å². The molecule has 2 heterocycles. The van der Waals surface area contributed by atoms with Crippen molar-refractivity contribution in [2.24, 2.45) is 12.8 Å². The quantitative estimate of drug-likeness (QED) is 0.921. The molecule has 6 heteroatoms. The fourth-order valence-electron chi connectivity index (χ4n) is 1.69. The topological polar surface area (TPSA) is 61.7 Å². The standard InChI is InChI=1S/C10H14BrN5/c1-7-10(11)8(15(2)14-7)6-16-4-3-13-9(16)5-12/h3-4H,5-6,12H2,1-2H3. The lowest BCUT2D eigenvalue weighted by molar-refractivity contribution is 0.641. The van der Waals surface area contributed by atoms with E-state index in [0.717, 1.165) is 28.2 Å². The minimum atomic E-state index is 0.446. The maximum absolute atomic E-state index is 5.61. The van der Waals surface area contributed by atoms with Crippen LogP contribution >= 0.6 is 15.9 Å². The van der Waals surface area contributed by atoms with Crippen molar-refractivity contribution in [3.05, 3.63) is 34.1 Å². The van der Waals surface area contributed by atoms with E-state index in [0.29, 0.717) is 6.54 Å². The van der Waals surface area contributed by atoms with E-state index in [1.165, 1.54) is 0 Å². The Labute approximate surface area is 102 Å². The smallest absolute Gasteiger partial charge is 0.122 e. The minimum Gasteiger partial charge on any atom is -0.328 e. The number of nitrogens with zero attached hydrogens (tertiary/aromatic N) is 4. The third kappa shape index (κ3) is 1.90. The summed E-state index contributed by atoms with van der Waals surface area (Å²) in [4.78, 5) is 4.19. The summed E-state index contributed by atoms with van der Waals surface area (Å²) >= 11 is 3.54. The van der Waals surface area contributed by atoms with Gasteiger partial charge in [-0.2, -0.15) is 5.10 Å². The van der Waals surface area contributed by atoms with Crippen LogP contribution in [0.5, 0.6) is 0 Å². The van der Waals surface area contributed by atoms with E-state index in [4.69, 9.17) is 5.73 Å². The molecule has 0 aliphatic heterocycles. The number of imidazole rings is 1. The second kappa shape index (κ2) is 4.39. The number of halogens is 1. The van der Waals surface area contributed by atoms with Gasteiger partial charge in [0.15, 0.2) is 0 Å². The first kappa shape index (κ1) is 11.3. The Hall–Kier alpha value is -1.14. The number of hydrogen-bond acceptors (Lipinski definition) is 3. The third-order valence-electron chi connectivity index (χ3n) is 2.57. The zero-order valence-corrected chi connectivity index (χ0v) is 10.9. The van der Waals surface area contributed by atoms with Crippen LogP contribution in [0, 0.1) is 6.92 Å². The Morgan fingerprint density at radius 3 is 2.81 bits per heavy atom. The van der Waals surface area contributed by atoms with Crippen LogP contribution in [0.15, 0.2) is 16.9 Å². The summed E-state index contributed by atoms with van der Waals surface area (Å²) < 4.78 is 4.95. The summed E-state index contributed by atoms with van der Waals surface area (Å²) in [5, 5.41) is 4.35. The van der Waals surface area contributed by atoms with Crippen molar-refractivity contribution in [3.8, 4) is 0 Å². The fraction of sp³-hybridized carbons (Fsp3) is 0.400. The lowest BCUT2D eigenvalue weighted by atomic mass is 10.3. The zero-order chi connectivity index (χ0) is 11.7. The first-order chi connectivity index (χ1) is 7.63. The molecule has 0 saturated carbocycles. The molecule has 0 fully saturated rings. The molecule has 0 aromatic carbocycles. The average molecular weight is 284 g/mol. The van der Waals surface area contributed by atoms with Gasteiger partial charge in [0.25, 0.3) is 0 Å². The average Bonchev–Trinajstić information content (AvgIpc) is 2.79. The minimum absolute atomic E-state index is 0.446. The Balaban J connectivity index is 2.34. The second-order valence-electron chi connectivity index (χ2n) is 3.65. The predicted molar refractivity (Wildman–Crippen MR) is 64.9 cm³/mol. The third-order valence-corrected chi connectivity index (χ3v) is 3.60. The summed E-state index contributed by atoms with van der Waals surface area (Å²) in [5.74, 6) is 0.880. The molecule has 16 heavy (non-hydrogen) atoms. The van der Waals surface area contributed by atoms with Gasteiger partial charge >= 0.3 is 0 Å². The molecular formula is C10H14BrN5. The molecule has 2 aromatic heterocycles. The van der Waals surface area contributed by atoms with Crippen LogP contribution in [0.3, 0.4) is 0 Å². The molecule has 2 rings (SSSR count). The maximum atomic E-state index is 5.61. The molecule has 0 aliphatic rings. The molecule has 86 valence electrons. The molecule has 0 bridgehead atoms. The highest BCUT2D eigenvalue weighted by molar-refractivity contribution is 9.10. The number of hydrogen-bond donors (Lipinski definition) is 1. The van der Waals surface area contributed by atoms with Crippen LogP contribution in [0.2, 0.25) is 0 Å². The van der Waals surface area contributed by atoms with Gasteiger partial charge in [-0.15, -0.1) is 0 Å². The monoisotopic (exact) mass is 283 g/mol. The number of aryl methyl sites for hydroxylation is 2. The van der Waals surface area contributed by atoms with E-state index in [2.05, 4.69) is 26.0 Å². The SMILES string of the molecule is Cc1nn(C)c(Cn2ccnc2CN)c1Br. The van der Waals surface area contributed by atoms with E-state index < -0.39 is 0 Å². The molecule has 0 unspecified atom stereocenters. The second-order valence-corrected chi connectivity index (χ2v) is 4.44. The van der Waals surface area contributed by atoms with Crippen LogP contribution in [-0.2, 0) is 20.1 Å². The molecule has 0 spiro atoms. The zero-order valence-electron chi connectivity index (χ0n) is 9.31. The largest absolute Gasteiger partial charge is 0.328 e. The molecular weight excluding hydrogens is 270 g/mol. The van der Waals surface area contributed by atoms with Crippen LogP contribution in [0.1, 0.15) is 17.2 Å². The van der Waals surface area contributed by atoms with Crippen molar-refractivity contribution in [3.63, 3.8) is 0 Å². The van der Waals surface area contributed by atoms with Gasteiger partial charge in [-0.3, -0.25) is 4.68 Å². The summed E-state index contributed by atoms with van der Waals surface area (Å²) in [5.41, 5.74) is 7.72. The van der Waals surface area contributed by atoms with Gasteiger partial charge in [0, 0.05) is 19.4 Å². The number of rotatable bonds is 3. The van der Waals surface area contributed by atoms with Gasteiger partial charge < -0.3 is 10.3 Å². The Kier molecular flexibility index (Phi) is 3.11. The lowest BCUT2D eigenvalue weighted by Crippen LogP contribution is -2.11. The molecule has 5 nitrogen and oxygen atoms in total. The van der Waals surface area contributed by atoms with Crippen LogP contribution in [-0.4, -0.2) is 19.3 Å². The predicted octanol–water partition coefficient (Wildman–Crippen LogP) is 1.19. The number of aromatic nitrogens is 4. The Morgan fingerprint density at radius 1 is 1.50 bits per heavy atom. The van der Waals surface area contributed by atoms with E-state index >= 15 is 0 Å². The van der Waals surface area contributed by atoms with Gasteiger partial charge in [0.1, 0.15) is 5.82 Å². The van der Waals surface area contributed by atoms with Crippen molar-refractivity contribution in [2.45, 2.75) is 20.0 Å². The highest BCUT2D eigenvalue weighted by Crippen LogP contribution is 2.21. The van der Waals surface area contributed by atoms with Gasteiger partial charge in [0.2, 0.25) is 0 Å². The molecule has 2 N–H and O–H groups in total. The summed E-state index contributed by atoms with van der Waals surface area (Å²) in [6, 6.07) is 0. The first-order valence-corrected chi connectivity index (χ1v) is 5.80. The summed E-state index contributed by atoms with van der Waals surface area (Å²) in [7, 11) is 1.94. The van der Waals surface area contributed by atoms with Gasteiger partial charge in [0.05, 0.1) is 29.0 Å². The highest BCUT2D eigenvalue weighted by Gasteiger charge is 2.12. The van der Waals surface area contributed by atoms with E-state index in [1.54, 1.807) is 6.20 Å². The molecule has 0 saturated heterocycles. The van der Waals surface area contributed by atoms with Crippen LogP contribution in [0.4, 0.5) is 0 Å². The summed E-state index contributed by atoms with van der Waals surface area (Å²) in [6.07, 6.45) is 3.69.